The van der Waals surface area contributed by atoms with E-state index in [9.17, 15) is 18.7 Å². The van der Waals surface area contributed by atoms with E-state index in [4.69, 9.17) is 0 Å². The molecule has 24 heavy (non-hydrogen) atoms. The van der Waals surface area contributed by atoms with Crippen LogP contribution in [-0.4, -0.2) is 17.1 Å². The van der Waals surface area contributed by atoms with E-state index in [0.717, 1.165) is 17.7 Å². The number of benzene rings is 2. The van der Waals surface area contributed by atoms with Gasteiger partial charge in [-0.05, 0) is 36.6 Å². The fourth-order valence-corrected chi connectivity index (χ4v) is 2.65. The second kappa shape index (κ2) is 8.02. The molecule has 5 heteroatoms. The van der Waals surface area contributed by atoms with Crippen molar-refractivity contribution in [2.45, 2.75) is 38.3 Å². The van der Waals surface area contributed by atoms with Gasteiger partial charge in [-0.15, -0.1) is 0 Å². The van der Waals surface area contributed by atoms with Gasteiger partial charge in [-0.1, -0.05) is 43.3 Å². The number of aliphatic hydroxyl groups excluding tert-OH is 1. The third-order valence-electron chi connectivity index (χ3n) is 4.06. The van der Waals surface area contributed by atoms with Gasteiger partial charge < -0.3 is 10.4 Å². The van der Waals surface area contributed by atoms with Crippen LogP contribution in [0.25, 0.3) is 0 Å². The van der Waals surface area contributed by atoms with Crippen molar-refractivity contribution in [2.75, 3.05) is 0 Å². The molecule has 0 aliphatic carbocycles. The highest BCUT2D eigenvalue weighted by Gasteiger charge is 2.24. The SMILES string of the molecule is CCC(C(=O)NC(C)C(O)c1ccc(F)c(F)c1)c1ccccc1. The van der Waals surface area contributed by atoms with Crippen LogP contribution in [0.4, 0.5) is 8.78 Å². The molecule has 2 aromatic carbocycles. The molecule has 3 nitrogen and oxygen atoms in total. The van der Waals surface area contributed by atoms with Crippen LogP contribution >= 0.6 is 0 Å². The molecule has 0 aromatic heterocycles. The quantitative estimate of drug-likeness (QED) is 0.847. The number of amides is 1. The highest BCUT2D eigenvalue weighted by atomic mass is 19.2. The largest absolute Gasteiger partial charge is 0.386 e. The van der Waals surface area contributed by atoms with Crippen LogP contribution in [0.1, 0.15) is 43.4 Å². The van der Waals surface area contributed by atoms with Crippen molar-refractivity contribution in [2.24, 2.45) is 0 Å². The van der Waals surface area contributed by atoms with Crippen LogP contribution in [0.15, 0.2) is 48.5 Å². The monoisotopic (exact) mass is 333 g/mol. The number of carbonyl (C=O) groups excluding carboxylic acids is 1. The molecule has 0 saturated carbocycles. The van der Waals surface area contributed by atoms with Crippen LogP contribution < -0.4 is 5.32 Å². The summed E-state index contributed by atoms with van der Waals surface area (Å²) in [5.41, 5.74) is 1.11. The van der Waals surface area contributed by atoms with E-state index in [2.05, 4.69) is 5.32 Å². The first-order chi connectivity index (χ1) is 11.4. The highest BCUT2D eigenvalue weighted by molar-refractivity contribution is 5.83. The average molecular weight is 333 g/mol. The highest BCUT2D eigenvalue weighted by Crippen LogP contribution is 2.22. The number of rotatable bonds is 6. The molecule has 2 N–H and O–H groups in total. The molecule has 0 aliphatic rings. The van der Waals surface area contributed by atoms with E-state index in [0.29, 0.717) is 6.42 Å². The van der Waals surface area contributed by atoms with Crippen molar-refractivity contribution >= 4 is 5.91 Å². The minimum Gasteiger partial charge on any atom is -0.386 e. The summed E-state index contributed by atoms with van der Waals surface area (Å²) < 4.78 is 26.3. The molecule has 0 fully saturated rings. The van der Waals surface area contributed by atoms with Gasteiger partial charge >= 0.3 is 0 Å². The maximum absolute atomic E-state index is 13.3. The molecule has 0 bridgehead atoms. The number of aliphatic hydroxyl groups is 1. The summed E-state index contributed by atoms with van der Waals surface area (Å²) in [5.74, 6) is -2.54. The lowest BCUT2D eigenvalue weighted by Gasteiger charge is -2.24. The molecule has 0 spiro atoms. The van der Waals surface area contributed by atoms with Gasteiger partial charge in [0.2, 0.25) is 5.91 Å². The van der Waals surface area contributed by atoms with Crippen molar-refractivity contribution in [3.8, 4) is 0 Å². The van der Waals surface area contributed by atoms with Gasteiger partial charge in [-0.3, -0.25) is 4.79 Å². The Morgan fingerprint density at radius 1 is 1.08 bits per heavy atom. The molecule has 3 atom stereocenters. The predicted molar refractivity (Wildman–Crippen MR) is 88.4 cm³/mol. The van der Waals surface area contributed by atoms with Crippen LogP contribution in [-0.2, 0) is 4.79 Å². The molecule has 1 amide bonds. The summed E-state index contributed by atoms with van der Waals surface area (Å²) >= 11 is 0. The molecule has 3 unspecified atom stereocenters. The first-order valence-corrected chi connectivity index (χ1v) is 7.92. The zero-order valence-electron chi connectivity index (χ0n) is 13.7. The standard InChI is InChI=1S/C19H21F2NO2/c1-3-15(13-7-5-4-6-8-13)19(24)22-12(2)18(23)14-9-10-16(20)17(21)11-14/h4-12,15,18,23H,3H2,1-2H3,(H,22,24). The number of nitrogens with one attached hydrogen (secondary N) is 1. The van der Waals surface area contributed by atoms with Crippen molar-refractivity contribution in [3.63, 3.8) is 0 Å². The number of halogens is 2. The summed E-state index contributed by atoms with van der Waals surface area (Å²) in [6.07, 6.45) is -0.513. The van der Waals surface area contributed by atoms with E-state index < -0.39 is 23.8 Å². The Morgan fingerprint density at radius 2 is 1.75 bits per heavy atom. The van der Waals surface area contributed by atoms with Gasteiger partial charge in [-0.25, -0.2) is 8.78 Å². The third kappa shape index (κ3) is 4.17. The van der Waals surface area contributed by atoms with E-state index in [1.54, 1.807) is 6.92 Å². The van der Waals surface area contributed by atoms with Gasteiger partial charge in [0, 0.05) is 0 Å². The lowest BCUT2D eigenvalue weighted by atomic mass is 9.94. The molecule has 0 saturated heterocycles. The molecule has 0 heterocycles. The lowest BCUT2D eigenvalue weighted by molar-refractivity contribution is -0.124. The molecule has 128 valence electrons. The van der Waals surface area contributed by atoms with Gasteiger partial charge in [0.05, 0.1) is 18.1 Å². The van der Waals surface area contributed by atoms with Crippen molar-refractivity contribution in [1.82, 2.24) is 5.32 Å². The van der Waals surface area contributed by atoms with Gasteiger partial charge in [0.15, 0.2) is 11.6 Å². The maximum Gasteiger partial charge on any atom is 0.227 e. The molecule has 2 aromatic rings. The molecular weight excluding hydrogens is 312 g/mol. The Bertz CT molecular complexity index is 691. The fourth-order valence-electron chi connectivity index (χ4n) is 2.65. The van der Waals surface area contributed by atoms with Gasteiger partial charge in [-0.2, -0.15) is 0 Å². The van der Waals surface area contributed by atoms with Gasteiger partial charge in [0.1, 0.15) is 0 Å². The van der Waals surface area contributed by atoms with Crippen LogP contribution in [0.5, 0.6) is 0 Å². The molecule has 0 radical (unpaired) electrons. The van der Waals surface area contributed by atoms with E-state index >= 15 is 0 Å². The normalized spacial score (nSPS) is 14.7. The Labute approximate surface area is 140 Å². The molecule has 2 rings (SSSR count). The second-order valence-electron chi connectivity index (χ2n) is 5.79. The molecule has 0 aliphatic heterocycles. The first kappa shape index (κ1) is 18.1. The first-order valence-electron chi connectivity index (χ1n) is 7.92. The smallest absolute Gasteiger partial charge is 0.227 e. The van der Waals surface area contributed by atoms with Gasteiger partial charge in [0.25, 0.3) is 0 Å². The third-order valence-corrected chi connectivity index (χ3v) is 4.06. The van der Waals surface area contributed by atoms with E-state index in [1.165, 1.54) is 6.07 Å². The van der Waals surface area contributed by atoms with Crippen molar-refractivity contribution < 1.29 is 18.7 Å². The maximum atomic E-state index is 13.3. The fraction of sp³-hybridized carbons (Fsp3) is 0.316. The zero-order chi connectivity index (χ0) is 17.7. The summed E-state index contributed by atoms with van der Waals surface area (Å²) in [6, 6.07) is 11.9. The number of hydrogen-bond donors (Lipinski definition) is 2. The Hall–Kier alpha value is -2.27. The summed E-state index contributed by atoms with van der Waals surface area (Å²) in [7, 11) is 0. The number of carbonyl (C=O) groups is 1. The van der Waals surface area contributed by atoms with Crippen LogP contribution in [0.2, 0.25) is 0 Å². The summed E-state index contributed by atoms with van der Waals surface area (Å²) in [4.78, 5) is 12.5. The van der Waals surface area contributed by atoms with Crippen molar-refractivity contribution in [3.05, 3.63) is 71.3 Å². The number of hydrogen-bond acceptors (Lipinski definition) is 2. The minimum atomic E-state index is -1.13. The lowest BCUT2D eigenvalue weighted by Crippen LogP contribution is -2.39. The topological polar surface area (TPSA) is 49.3 Å². The minimum absolute atomic E-state index is 0.210. The van der Waals surface area contributed by atoms with E-state index in [1.807, 2.05) is 37.3 Å². The average Bonchev–Trinajstić information content (AvgIpc) is 2.58. The van der Waals surface area contributed by atoms with E-state index in [-0.39, 0.29) is 17.4 Å². The van der Waals surface area contributed by atoms with Crippen molar-refractivity contribution in [1.29, 1.82) is 0 Å². The zero-order valence-corrected chi connectivity index (χ0v) is 13.7. The second-order valence-corrected chi connectivity index (χ2v) is 5.79. The van der Waals surface area contributed by atoms with Crippen LogP contribution in [0, 0.1) is 11.6 Å². The Kier molecular flexibility index (Phi) is 6.04. The molecular formula is C19H21F2NO2. The summed E-state index contributed by atoms with van der Waals surface area (Å²) in [6.45, 7) is 3.54. The van der Waals surface area contributed by atoms with Crippen LogP contribution in [0.3, 0.4) is 0 Å². The summed E-state index contributed by atoms with van der Waals surface area (Å²) in [5, 5.41) is 13.0. The Morgan fingerprint density at radius 3 is 2.33 bits per heavy atom. The Balaban J connectivity index is 2.08. The predicted octanol–water partition coefficient (Wildman–Crippen LogP) is 3.70.